The van der Waals surface area contributed by atoms with Gasteiger partial charge in [0, 0.05) is 115 Å². The van der Waals surface area contributed by atoms with E-state index in [2.05, 4.69) is 196 Å². The monoisotopic (exact) mass is 818 g/mol. The summed E-state index contributed by atoms with van der Waals surface area (Å²) in [7, 11) is 0. The number of hydrogen-bond acceptors (Lipinski definition) is 4. The summed E-state index contributed by atoms with van der Waals surface area (Å²) in [6.07, 6.45) is 15.2. The van der Waals surface area contributed by atoms with Crippen LogP contribution in [-0.4, -0.2) is 38.2 Å². The maximum Gasteiger partial charge on any atom is 0.0572 e. The fourth-order valence-corrected chi connectivity index (χ4v) is 10.4. The van der Waals surface area contributed by atoms with Crippen LogP contribution in [0, 0.1) is 0 Å². The molecule has 0 saturated heterocycles. The van der Waals surface area contributed by atoms with Gasteiger partial charge in [0.2, 0.25) is 0 Å². The van der Waals surface area contributed by atoms with Crippen molar-refractivity contribution in [3.05, 3.63) is 207 Å². The first-order chi connectivity index (χ1) is 31.8. The van der Waals surface area contributed by atoms with Crippen LogP contribution in [0.4, 0.5) is 0 Å². The number of para-hydroxylation sites is 3. The van der Waals surface area contributed by atoms with E-state index >= 15 is 0 Å². The van der Waals surface area contributed by atoms with Crippen LogP contribution in [0.5, 0.6) is 0 Å². The molecule has 64 heavy (non-hydrogen) atoms. The molecule has 8 heterocycles. The van der Waals surface area contributed by atoms with Gasteiger partial charge in [-0.25, -0.2) is 0 Å². The number of fused-ring (bicyclic) bond motifs is 12. The van der Waals surface area contributed by atoms with Gasteiger partial charge < -0.3 is 18.3 Å². The molecule has 0 aliphatic carbocycles. The molecule has 0 bridgehead atoms. The van der Waals surface area contributed by atoms with Crippen molar-refractivity contribution < 1.29 is 0 Å². The van der Waals surface area contributed by atoms with Gasteiger partial charge in [-0.05, 0) is 102 Å². The van der Waals surface area contributed by atoms with Gasteiger partial charge in [-0.3, -0.25) is 19.9 Å². The lowest BCUT2D eigenvalue weighted by molar-refractivity contribution is 1.13. The van der Waals surface area contributed by atoms with Gasteiger partial charge in [-0.15, -0.1) is 0 Å². The van der Waals surface area contributed by atoms with Crippen LogP contribution < -0.4 is 0 Å². The number of pyridine rings is 4. The molecule has 14 rings (SSSR count). The van der Waals surface area contributed by atoms with Gasteiger partial charge in [-0.2, -0.15) is 0 Å². The van der Waals surface area contributed by atoms with E-state index in [0.29, 0.717) is 0 Å². The molecule has 6 aromatic carbocycles. The first-order valence-corrected chi connectivity index (χ1v) is 21.4. The van der Waals surface area contributed by atoms with Crippen molar-refractivity contribution in [3.63, 3.8) is 0 Å². The second-order valence-electron chi connectivity index (χ2n) is 16.5. The summed E-state index contributed by atoms with van der Waals surface area (Å²) in [5.41, 5.74) is 15.5. The summed E-state index contributed by atoms with van der Waals surface area (Å²) in [6.45, 7) is 0. The molecule has 0 aliphatic heterocycles. The highest BCUT2D eigenvalue weighted by Crippen LogP contribution is 2.40. The van der Waals surface area contributed by atoms with Crippen molar-refractivity contribution in [1.29, 1.82) is 0 Å². The number of aromatic nitrogens is 8. The Balaban J connectivity index is 0.958. The van der Waals surface area contributed by atoms with Crippen LogP contribution >= 0.6 is 0 Å². The number of rotatable bonds is 5. The topological polar surface area (TPSA) is 71.3 Å². The average molecular weight is 819 g/mol. The Morgan fingerprint density at radius 2 is 0.594 bits per heavy atom. The quantitative estimate of drug-likeness (QED) is 0.173. The van der Waals surface area contributed by atoms with E-state index in [1.54, 1.807) is 0 Å². The zero-order valence-electron chi connectivity index (χ0n) is 34.2. The van der Waals surface area contributed by atoms with Crippen molar-refractivity contribution >= 4 is 87.2 Å². The number of benzene rings is 6. The third-order valence-corrected chi connectivity index (χ3v) is 13.1. The van der Waals surface area contributed by atoms with Gasteiger partial charge in [0.05, 0.1) is 44.1 Å². The second kappa shape index (κ2) is 13.3. The Morgan fingerprint density at radius 1 is 0.234 bits per heavy atom. The predicted molar refractivity (Wildman–Crippen MR) is 260 cm³/mol. The molecule has 298 valence electrons. The van der Waals surface area contributed by atoms with Crippen LogP contribution in [0.1, 0.15) is 0 Å². The highest BCUT2D eigenvalue weighted by Gasteiger charge is 2.20. The largest absolute Gasteiger partial charge is 0.309 e. The molecular formula is C56H34N8. The maximum absolute atomic E-state index is 4.51. The fourth-order valence-electron chi connectivity index (χ4n) is 10.4. The molecule has 0 N–H and O–H groups in total. The first-order valence-electron chi connectivity index (χ1n) is 21.4. The standard InChI is InChI=1S/C56H34N8/c1-4-10-49-41(7-1)42-8-2-5-11-50(42)62(49)38-17-18-52-44(30-38)43-9-3-6-12-51(43)61(52)37-15-13-35(14-16-37)36-27-39(63-53-19-23-57-31-45(53)46-32-58-24-20-54(46)63)29-40(28-36)64-55-21-25-59-33-47(55)48-34-60-26-22-56(48)64/h1-34H. The minimum absolute atomic E-state index is 1.04. The van der Waals surface area contributed by atoms with E-state index in [1.807, 2.05) is 49.6 Å². The minimum atomic E-state index is 1.04. The Labute approximate surface area is 365 Å². The predicted octanol–water partition coefficient (Wildman–Crippen LogP) is 13.3. The lowest BCUT2D eigenvalue weighted by Gasteiger charge is -2.16. The van der Waals surface area contributed by atoms with Gasteiger partial charge in [0.15, 0.2) is 0 Å². The van der Waals surface area contributed by atoms with Crippen LogP contribution in [0.2, 0.25) is 0 Å². The van der Waals surface area contributed by atoms with Gasteiger partial charge >= 0.3 is 0 Å². The number of hydrogen-bond donors (Lipinski definition) is 0. The van der Waals surface area contributed by atoms with Gasteiger partial charge in [-0.1, -0.05) is 66.7 Å². The highest BCUT2D eigenvalue weighted by atomic mass is 15.0. The SMILES string of the molecule is c1ccc2c(c1)c1ccccc1n2-c1ccc2c(c1)c1ccccc1n2-c1ccc(-c2cc(-n3c4ccncc4c4cnccc43)cc(-n3c4ccncc4c4cnccc43)c2)cc1. The van der Waals surface area contributed by atoms with E-state index in [1.165, 1.54) is 38.1 Å². The average Bonchev–Trinajstić information content (AvgIpc) is 4.09. The van der Waals surface area contributed by atoms with E-state index in [-0.39, 0.29) is 0 Å². The van der Waals surface area contributed by atoms with E-state index in [4.69, 9.17) is 0 Å². The summed E-state index contributed by atoms with van der Waals surface area (Å²) in [5, 5.41) is 9.18. The Bertz CT molecular complexity index is 3910. The van der Waals surface area contributed by atoms with E-state index in [9.17, 15) is 0 Å². The van der Waals surface area contributed by atoms with Crippen LogP contribution in [0.25, 0.3) is 121 Å². The van der Waals surface area contributed by atoms with Crippen LogP contribution in [-0.2, 0) is 0 Å². The molecule has 0 fully saturated rings. The fraction of sp³-hybridized carbons (Fsp3) is 0. The van der Waals surface area contributed by atoms with Crippen molar-refractivity contribution in [2.45, 2.75) is 0 Å². The molecule has 8 heteroatoms. The summed E-state index contributed by atoms with van der Waals surface area (Å²) in [4.78, 5) is 18.0. The molecular weight excluding hydrogens is 785 g/mol. The summed E-state index contributed by atoms with van der Waals surface area (Å²) in [5.74, 6) is 0. The maximum atomic E-state index is 4.51. The van der Waals surface area contributed by atoms with Crippen molar-refractivity contribution in [1.82, 2.24) is 38.2 Å². The number of nitrogens with zero attached hydrogens (tertiary/aromatic N) is 8. The first kappa shape index (κ1) is 34.8. The molecule has 0 unspecified atom stereocenters. The molecule has 0 spiro atoms. The molecule has 0 aliphatic rings. The van der Waals surface area contributed by atoms with Crippen molar-refractivity contribution in [3.8, 4) is 33.9 Å². The Hall–Kier alpha value is -8.88. The summed E-state index contributed by atoms with van der Waals surface area (Å²) in [6, 6.07) is 57.3. The second-order valence-corrected chi connectivity index (χ2v) is 16.5. The summed E-state index contributed by atoms with van der Waals surface area (Å²) >= 11 is 0. The molecule has 8 aromatic heterocycles. The molecule has 0 radical (unpaired) electrons. The lowest BCUT2D eigenvalue weighted by Crippen LogP contribution is -2.00. The third kappa shape index (κ3) is 4.93. The zero-order chi connectivity index (χ0) is 41.9. The molecule has 0 amide bonds. The Kier molecular flexibility index (Phi) is 7.23. The van der Waals surface area contributed by atoms with Crippen molar-refractivity contribution in [2.75, 3.05) is 0 Å². The van der Waals surface area contributed by atoms with Crippen LogP contribution in [0.3, 0.4) is 0 Å². The van der Waals surface area contributed by atoms with Gasteiger partial charge in [0.1, 0.15) is 0 Å². The summed E-state index contributed by atoms with van der Waals surface area (Å²) < 4.78 is 9.45. The van der Waals surface area contributed by atoms with Crippen LogP contribution in [0.15, 0.2) is 207 Å². The van der Waals surface area contributed by atoms with Gasteiger partial charge in [0.25, 0.3) is 0 Å². The smallest absolute Gasteiger partial charge is 0.0572 e. The lowest BCUT2D eigenvalue weighted by atomic mass is 10.0. The van der Waals surface area contributed by atoms with E-state index < -0.39 is 0 Å². The third-order valence-electron chi connectivity index (χ3n) is 13.1. The normalized spacial score (nSPS) is 12.1. The molecule has 14 aromatic rings. The minimum Gasteiger partial charge on any atom is -0.309 e. The molecule has 0 saturated carbocycles. The van der Waals surface area contributed by atoms with E-state index in [0.717, 1.165) is 83.0 Å². The molecule has 0 atom stereocenters. The Morgan fingerprint density at radius 3 is 1.06 bits per heavy atom. The highest BCUT2D eigenvalue weighted by molar-refractivity contribution is 6.13. The zero-order valence-corrected chi connectivity index (χ0v) is 34.2. The molecule has 8 nitrogen and oxygen atoms in total. The van der Waals surface area contributed by atoms with Crippen molar-refractivity contribution in [2.24, 2.45) is 0 Å².